The molecule has 2 heterocycles. The zero-order valence-corrected chi connectivity index (χ0v) is 11.0. The number of urea groups is 1. The molecule has 0 bridgehead atoms. The third-order valence-electron chi connectivity index (χ3n) is 2.74. The first-order valence-electron chi connectivity index (χ1n) is 5.66. The molecular formula is C11H15N3O2S. The van der Waals surface area contributed by atoms with Gasteiger partial charge in [0, 0.05) is 6.54 Å². The molecule has 0 saturated carbocycles. The Morgan fingerprint density at radius 1 is 1.35 bits per heavy atom. The topological polar surface area (TPSA) is 53.5 Å². The van der Waals surface area contributed by atoms with Gasteiger partial charge in [-0.3, -0.25) is 4.79 Å². The van der Waals surface area contributed by atoms with Crippen LogP contribution in [0.15, 0.2) is 0 Å². The Morgan fingerprint density at radius 2 is 2.06 bits per heavy atom. The van der Waals surface area contributed by atoms with Crippen molar-refractivity contribution < 1.29 is 9.59 Å². The number of aryl methyl sites for hydroxylation is 2. The molecule has 1 aromatic heterocycles. The van der Waals surface area contributed by atoms with Gasteiger partial charge in [0.15, 0.2) is 0 Å². The van der Waals surface area contributed by atoms with Crippen LogP contribution in [-0.4, -0.2) is 34.9 Å². The highest BCUT2D eigenvalue weighted by molar-refractivity contribution is 7.16. The number of imide groups is 1. The number of thiazole rings is 1. The summed E-state index contributed by atoms with van der Waals surface area (Å²) >= 11 is 1.42. The van der Waals surface area contributed by atoms with Crippen LogP contribution in [0.2, 0.25) is 0 Å². The molecule has 1 fully saturated rings. The highest BCUT2D eigenvalue weighted by Crippen LogP contribution is 2.31. The zero-order valence-electron chi connectivity index (χ0n) is 10.2. The highest BCUT2D eigenvalue weighted by atomic mass is 32.1. The molecule has 1 aromatic rings. The van der Waals surface area contributed by atoms with Crippen molar-refractivity contribution in [1.29, 1.82) is 0 Å². The lowest BCUT2D eigenvalue weighted by atomic mass is 10.4. The van der Waals surface area contributed by atoms with Crippen molar-refractivity contribution in [3.63, 3.8) is 0 Å². The number of carbonyl (C=O) groups is 2. The first-order chi connectivity index (χ1) is 8.08. The second-order valence-corrected chi connectivity index (χ2v) is 4.94. The first-order valence-corrected chi connectivity index (χ1v) is 6.48. The molecule has 0 N–H and O–H groups in total. The summed E-state index contributed by atoms with van der Waals surface area (Å²) in [6, 6.07) is -0.230. The molecule has 0 unspecified atom stereocenters. The maximum absolute atomic E-state index is 12.0. The maximum Gasteiger partial charge on any atom is 0.332 e. The van der Waals surface area contributed by atoms with Gasteiger partial charge in [0.05, 0.1) is 10.7 Å². The fraction of sp³-hybridized carbons (Fsp3) is 0.545. The van der Waals surface area contributed by atoms with Gasteiger partial charge in [-0.2, -0.15) is 0 Å². The average Bonchev–Trinajstić information content (AvgIpc) is 2.80. The third kappa shape index (κ3) is 1.93. The van der Waals surface area contributed by atoms with Crippen molar-refractivity contribution in [3.8, 4) is 0 Å². The first kappa shape index (κ1) is 12.0. The maximum atomic E-state index is 12.0. The molecule has 0 atom stereocenters. The second-order valence-electron chi connectivity index (χ2n) is 3.88. The molecule has 0 spiro atoms. The summed E-state index contributed by atoms with van der Waals surface area (Å²) in [7, 11) is 0. The van der Waals surface area contributed by atoms with E-state index in [9.17, 15) is 9.59 Å². The molecule has 0 aromatic carbocycles. The van der Waals surface area contributed by atoms with E-state index in [4.69, 9.17) is 0 Å². The van der Waals surface area contributed by atoms with E-state index in [2.05, 4.69) is 4.98 Å². The van der Waals surface area contributed by atoms with Crippen LogP contribution in [0.4, 0.5) is 9.80 Å². The van der Waals surface area contributed by atoms with Crippen LogP contribution in [-0.2, 0) is 11.2 Å². The summed E-state index contributed by atoms with van der Waals surface area (Å²) < 4.78 is 0. The van der Waals surface area contributed by atoms with Crippen molar-refractivity contribution >= 4 is 28.3 Å². The molecule has 6 heteroatoms. The summed E-state index contributed by atoms with van der Waals surface area (Å²) in [5, 5.41) is 1.63. The monoisotopic (exact) mass is 253 g/mol. The van der Waals surface area contributed by atoms with E-state index in [1.165, 1.54) is 21.1 Å². The number of aromatic nitrogens is 1. The van der Waals surface area contributed by atoms with Crippen molar-refractivity contribution in [2.75, 3.05) is 18.0 Å². The number of amides is 3. The van der Waals surface area contributed by atoms with Crippen molar-refractivity contribution in [1.82, 2.24) is 9.88 Å². The van der Waals surface area contributed by atoms with Gasteiger partial charge in [-0.15, -0.1) is 11.3 Å². The summed E-state index contributed by atoms with van der Waals surface area (Å²) in [6.07, 6.45) is 0.819. The zero-order chi connectivity index (χ0) is 12.6. The largest absolute Gasteiger partial charge is 0.332 e. The summed E-state index contributed by atoms with van der Waals surface area (Å²) in [5.74, 6) is -0.161. The molecule has 1 aliphatic rings. The Morgan fingerprint density at radius 3 is 2.53 bits per heavy atom. The Balaban J connectivity index is 2.36. The van der Waals surface area contributed by atoms with Crippen LogP contribution in [0.5, 0.6) is 0 Å². The van der Waals surface area contributed by atoms with Gasteiger partial charge in [-0.05, 0) is 20.3 Å². The highest BCUT2D eigenvalue weighted by Gasteiger charge is 2.38. The number of likely N-dealkylation sites (N-methyl/N-ethyl adjacent to an activating group) is 1. The normalized spacial score (nSPS) is 16.2. The molecule has 1 aliphatic heterocycles. The minimum Gasteiger partial charge on any atom is -0.315 e. The van der Waals surface area contributed by atoms with Crippen LogP contribution in [0.25, 0.3) is 0 Å². The van der Waals surface area contributed by atoms with E-state index in [0.29, 0.717) is 11.5 Å². The van der Waals surface area contributed by atoms with E-state index in [1.807, 2.05) is 20.8 Å². The van der Waals surface area contributed by atoms with Crippen LogP contribution in [0, 0.1) is 6.92 Å². The lowest BCUT2D eigenvalue weighted by Gasteiger charge is -2.13. The standard InChI is InChI=1S/C11H15N3O2S/c1-4-8-12-7(3)10(17-8)14-9(15)6-13(5-2)11(14)16/h4-6H2,1-3H3. The molecule has 0 radical (unpaired) electrons. The lowest BCUT2D eigenvalue weighted by molar-refractivity contribution is -0.116. The molecule has 5 nitrogen and oxygen atoms in total. The fourth-order valence-electron chi connectivity index (χ4n) is 1.80. The van der Waals surface area contributed by atoms with Gasteiger partial charge < -0.3 is 4.90 Å². The van der Waals surface area contributed by atoms with E-state index < -0.39 is 0 Å². The van der Waals surface area contributed by atoms with Gasteiger partial charge in [0.2, 0.25) is 0 Å². The van der Waals surface area contributed by atoms with Crippen LogP contribution in [0.1, 0.15) is 24.5 Å². The van der Waals surface area contributed by atoms with E-state index in [1.54, 1.807) is 0 Å². The number of nitrogens with zero attached hydrogens (tertiary/aromatic N) is 3. The second kappa shape index (κ2) is 4.44. The minimum absolute atomic E-state index is 0.161. The molecule has 1 saturated heterocycles. The van der Waals surface area contributed by atoms with Gasteiger partial charge in [0.25, 0.3) is 5.91 Å². The Kier molecular flexibility index (Phi) is 3.15. The number of rotatable bonds is 3. The van der Waals surface area contributed by atoms with Gasteiger partial charge in [-0.1, -0.05) is 6.92 Å². The van der Waals surface area contributed by atoms with Gasteiger partial charge in [-0.25, -0.2) is 14.7 Å². The average molecular weight is 253 g/mol. The van der Waals surface area contributed by atoms with E-state index in [0.717, 1.165) is 17.1 Å². The molecule has 17 heavy (non-hydrogen) atoms. The summed E-state index contributed by atoms with van der Waals surface area (Å²) in [6.45, 7) is 6.44. The molecule has 0 aliphatic carbocycles. The van der Waals surface area contributed by atoms with Crippen LogP contribution >= 0.6 is 11.3 Å². The lowest BCUT2D eigenvalue weighted by Crippen LogP contribution is -2.32. The molecule has 92 valence electrons. The number of anilines is 1. The Bertz CT molecular complexity index is 469. The van der Waals surface area contributed by atoms with Gasteiger partial charge in [0.1, 0.15) is 11.5 Å². The van der Waals surface area contributed by atoms with Crippen molar-refractivity contribution in [3.05, 3.63) is 10.7 Å². The minimum atomic E-state index is -0.230. The van der Waals surface area contributed by atoms with Gasteiger partial charge >= 0.3 is 6.03 Å². The number of hydrogen-bond acceptors (Lipinski definition) is 4. The van der Waals surface area contributed by atoms with Crippen LogP contribution in [0.3, 0.4) is 0 Å². The fourth-order valence-corrected chi connectivity index (χ4v) is 2.81. The predicted octanol–water partition coefficient (Wildman–Crippen LogP) is 1.80. The number of carbonyl (C=O) groups excluding carboxylic acids is 2. The van der Waals surface area contributed by atoms with Crippen molar-refractivity contribution in [2.24, 2.45) is 0 Å². The summed E-state index contributed by atoms with van der Waals surface area (Å²) in [5.41, 5.74) is 0.756. The summed E-state index contributed by atoms with van der Waals surface area (Å²) in [4.78, 5) is 31.0. The van der Waals surface area contributed by atoms with Crippen LogP contribution < -0.4 is 4.90 Å². The van der Waals surface area contributed by atoms with E-state index in [-0.39, 0.29) is 18.5 Å². The Labute approximate surface area is 104 Å². The molecule has 2 rings (SSSR count). The predicted molar refractivity (Wildman–Crippen MR) is 66.4 cm³/mol. The third-order valence-corrected chi connectivity index (χ3v) is 4.03. The smallest absolute Gasteiger partial charge is 0.315 e. The molecule has 3 amide bonds. The van der Waals surface area contributed by atoms with E-state index >= 15 is 0 Å². The SMILES string of the molecule is CCc1nc(C)c(N2C(=O)CN(CC)C2=O)s1. The Hall–Kier alpha value is -1.43. The molecular weight excluding hydrogens is 238 g/mol. The number of hydrogen-bond donors (Lipinski definition) is 0. The van der Waals surface area contributed by atoms with Crippen molar-refractivity contribution in [2.45, 2.75) is 27.2 Å². The quantitative estimate of drug-likeness (QED) is 0.772.